The number of hydrogen-bond donors (Lipinski definition) is 0. The minimum Gasteiger partial charge on any atom is -0.376 e. The number of fused-ring (bicyclic) bond motifs is 1. The molecule has 2 aromatic heterocycles. The van der Waals surface area contributed by atoms with Gasteiger partial charge >= 0.3 is 0 Å². The maximum atomic E-state index is 6.51. The molecule has 8 heteroatoms. The number of aromatic nitrogens is 5. The molecule has 2 saturated carbocycles. The molecule has 168 valence electrons. The van der Waals surface area contributed by atoms with E-state index in [9.17, 15) is 0 Å². The normalized spacial score (nSPS) is 28.4. The predicted octanol–water partition coefficient (Wildman–Crippen LogP) is 2.63. The molecular weight excluding hydrogens is 390 g/mol. The van der Waals surface area contributed by atoms with Gasteiger partial charge in [0.25, 0.3) is 0 Å². The van der Waals surface area contributed by atoms with Crippen molar-refractivity contribution in [3.63, 3.8) is 0 Å². The standard InChI is InChI=1S/C23H35N7O/c1-15-16(2)24-14-25-23(15)29-9-18-7-21(30-12-20(26-27-30)11-28(3)4)22(8-19(18)10-29)31-13-17-5-6-17/h12,14,17-19,21-22H,5-11,13H2,1-4H3/t18-,19+,21-,22-/m1/s1. The van der Waals surface area contributed by atoms with Crippen molar-refractivity contribution in [3.8, 4) is 0 Å². The first kappa shape index (κ1) is 20.8. The van der Waals surface area contributed by atoms with Gasteiger partial charge in [0.15, 0.2) is 0 Å². The first-order valence-electron chi connectivity index (χ1n) is 11.7. The average molecular weight is 426 g/mol. The Labute approximate surface area is 185 Å². The van der Waals surface area contributed by atoms with Crippen LogP contribution in [0.25, 0.3) is 0 Å². The first-order valence-corrected chi connectivity index (χ1v) is 11.7. The van der Waals surface area contributed by atoms with E-state index in [0.29, 0.717) is 11.8 Å². The Morgan fingerprint density at radius 3 is 2.61 bits per heavy atom. The molecule has 1 saturated heterocycles. The summed E-state index contributed by atoms with van der Waals surface area (Å²) in [6, 6.07) is 0.261. The number of aryl methyl sites for hydroxylation is 1. The van der Waals surface area contributed by atoms with Crippen LogP contribution in [0.2, 0.25) is 0 Å². The van der Waals surface area contributed by atoms with Gasteiger partial charge in [-0.05, 0) is 71.4 Å². The van der Waals surface area contributed by atoms with Crippen molar-refractivity contribution in [1.29, 1.82) is 0 Å². The lowest BCUT2D eigenvalue weighted by Crippen LogP contribution is -2.38. The summed E-state index contributed by atoms with van der Waals surface area (Å²) in [6.07, 6.45) is 8.85. The van der Waals surface area contributed by atoms with Crippen LogP contribution in [-0.2, 0) is 11.3 Å². The largest absolute Gasteiger partial charge is 0.376 e. The van der Waals surface area contributed by atoms with E-state index < -0.39 is 0 Å². The van der Waals surface area contributed by atoms with Crippen LogP contribution in [0, 0.1) is 31.6 Å². The summed E-state index contributed by atoms with van der Waals surface area (Å²) in [5.41, 5.74) is 3.29. The maximum absolute atomic E-state index is 6.51. The zero-order valence-corrected chi connectivity index (χ0v) is 19.2. The molecule has 0 radical (unpaired) electrons. The molecule has 31 heavy (non-hydrogen) atoms. The van der Waals surface area contributed by atoms with Gasteiger partial charge in [0.05, 0.1) is 24.0 Å². The minimum atomic E-state index is 0.212. The summed E-state index contributed by atoms with van der Waals surface area (Å²) >= 11 is 0. The zero-order chi connectivity index (χ0) is 21.5. The molecule has 8 nitrogen and oxygen atoms in total. The van der Waals surface area contributed by atoms with Crippen LogP contribution in [0.3, 0.4) is 0 Å². The van der Waals surface area contributed by atoms with Crippen molar-refractivity contribution in [2.24, 2.45) is 17.8 Å². The highest BCUT2D eigenvalue weighted by Crippen LogP contribution is 2.44. The average Bonchev–Trinajstić information content (AvgIpc) is 3.30. The zero-order valence-electron chi connectivity index (χ0n) is 19.2. The van der Waals surface area contributed by atoms with Crippen LogP contribution in [0.1, 0.15) is 48.7 Å². The Balaban J connectivity index is 1.34. The van der Waals surface area contributed by atoms with E-state index in [1.807, 2.05) is 0 Å². The fourth-order valence-electron chi connectivity index (χ4n) is 5.28. The second-order valence-corrected chi connectivity index (χ2v) is 10.1. The molecule has 4 atom stereocenters. The van der Waals surface area contributed by atoms with Gasteiger partial charge in [-0.25, -0.2) is 14.6 Å². The first-order chi connectivity index (χ1) is 15.0. The lowest BCUT2D eigenvalue weighted by molar-refractivity contribution is -0.0375. The van der Waals surface area contributed by atoms with Crippen molar-refractivity contribution in [2.75, 3.05) is 38.7 Å². The smallest absolute Gasteiger partial charge is 0.135 e. The van der Waals surface area contributed by atoms with Crippen LogP contribution in [0.5, 0.6) is 0 Å². The Morgan fingerprint density at radius 1 is 1.10 bits per heavy atom. The monoisotopic (exact) mass is 425 g/mol. The minimum absolute atomic E-state index is 0.212. The molecule has 0 bridgehead atoms. The van der Waals surface area contributed by atoms with Crippen LogP contribution >= 0.6 is 0 Å². The van der Waals surface area contributed by atoms with E-state index in [2.05, 4.69) is 68.9 Å². The van der Waals surface area contributed by atoms with Crippen LogP contribution in [0.15, 0.2) is 12.5 Å². The highest BCUT2D eigenvalue weighted by atomic mass is 16.5. The van der Waals surface area contributed by atoms with Crippen molar-refractivity contribution in [2.45, 2.75) is 58.2 Å². The van der Waals surface area contributed by atoms with E-state index in [1.54, 1.807) is 6.33 Å². The van der Waals surface area contributed by atoms with E-state index in [1.165, 1.54) is 18.4 Å². The van der Waals surface area contributed by atoms with Gasteiger partial charge in [-0.1, -0.05) is 5.21 Å². The van der Waals surface area contributed by atoms with Crippen molar-refractivity contribution in [1.82, 2.24) is 29.9 Å². The summed E-state index contributed by atoms with van der Waals surface area (Å²) in [7, 11) is 4.13. The number of nitrogens with zero attached hydrogens (tertiary/aromatic N) is 7. The summed E-state index contributed by atoms with van der Waals surface area (Å²) in [5.74, 6) is 3.13. The van der Waals surface area contributed by atoms with Gasteiger partial charge in [0.2, 0.25) is 0 Å². The van der Waals surface area contributed by atoms with Crippen molar-refractivity contribution < 1.29 is 4.74 Å². The third-order valence-corrected chi connectivity index (χ3v) is 7.31. The van der Waals surface area contributed by atoms with E-state index in [-0.39, 0.29) is 12.1 Å². The number of ether oxygens (including phenoxy) is 1. The number of hydrogen-bond acceptors (Lipinski definition) is 7. The van der Waals surface area contributed by atoms with Gasteiger partial charge in [0, 0.05) is 37.5 Å². The van der Waals surface area contributed by atoms with Crippen LogP contribution in [0.4, 0.5) is 5.82 Å². The van der Waals surface area contributed by atoms with Gasteiger partial charge in [-0.15, -0.1) is 5.10 Å². The van der Waals surface area contributed by atoms with Gasteiger partial charge in [-0.3, -0.25) is 0 Å². The molecular formula is C23H35N7O. The molecule has 3 fully saturated rings. The molecule has 2 aliphatic carbocycles. The SMILES string of the molecule is Cc1ncnc(N2C[C@H]3C[C@@H](n4cc(CN(C)C)nn4)[C@H](OCC4CC4)C[C@H]3C2)c1C. The van der Waals surface area contributed by atoms with E-state index >= 15 is 0 Å². The molecule has 1 aliphatic heterocycles. The highest BCUT2D eigenvalue weighted by molar-refractivity contribution is 5.48. The third kappa shape index (κ3) is 4.46. The molecule has 2 aromatic rings. The van der Waals surface area contributed by atoms with Crippen molar-refractivity contribution in [3.05, 3.63) is 29.5 Å². The fraction of sp³-hybridized carbons (Fsp3) is 0.739. The van der Waals surface area contributed by atoms with E-state index in [4.69, 9.17) is 4.74 Å². The molecule has 0 aromatic carbocycles. The van der Waals surface area contributed by atoms with Gasteiger partial charge < -0.3 is 14.5 Å². The number of rotatable bonds is 7. The quantitative estimate of drug-likeness (QED) is 0.675. The molecule has 0 spiro atoms. The second-order valence-electron chi connectivity index (χ2n) is 10.1. The second kappa shape index (κ2) is 8.47. The topological polar surface area (TPSA) is 72.2 Å². The van der Waals surface area contributed by atoms with Gasteiger partial charge in [-0.2, -0.15) is 0 Å². The lowest BCUT2D eigenvalue weighted by Gasteiger charge is -2.37. The Kier molecular flexibility index (Phi) is 5.69. The molecule has 0 amide bonds. The third-order valence-electron chi connectivity index (χ3n) is 7.31. The molecule has 0 N–H and O–H groups in total. The summed E-state index contributed by atoms with van der Waals surface area (Å²) in [5, 5.41) is 8.96. The Bertz CT molecular complexity index is 909. The lowest BCUT2D eigenvalue weighted by atomic mass is 9.77. The van der Waals surface area contributed by atoms with Crippen LogP contribution in [-0.4, -0.2) is 69.8 Å². The maximum Gasteiger partial charge on any atom is 0.135 e. The van der Waals surface area contributed by atoms with E-state index in [0.717, 1.165) is 62.2 Å². The molecule has 3 aliphatic rings. The molecule has 3 heterocycles. The Hall–Kier alpha value is -2.06. The van der Waals surface area contributed by atoms with Gasteiger partial charge in [0.1, 0.15) is 12.1 Å². The molecule has 0 unspecified atom stereocenters. The highest BCUT2D eigenvalue weighted by Gasteiger charge is 2.45. The number of anilines is 1. The van der Waals surface area contributed by atoms with Crippen molar-refractivity contribution >= 4 is 5.82 Å². The fourth-order valence-corrected chi connectivity index (χ4v) is 5.28. The predicted molar refractivity (Wildman–Crippen MR) is 119 cm³/mol. The Morgan fingerprint density at radius 2 is 1.87 bits per heavy atom. The summed E-state index contributed by atoms with van der Waals surface area (Å²) in [4.78, 5) is 13.6. The summed E-state index contributed by atoms with van der Waals surface area (Å²) in [6.45, 7) is 8.02. The molecule has 5 rings (SSSR count). The summed E-state index contributed by atoms with van der Waals surface area (Å²) < 4.78 is 8.61. The van der Waals surface area contributed by atoms with Crippen LogP contribution < -0.4 is 4.90 Å².